The molecule has 1 nitrogen and oxygen atoms in total. The Bertz CT molecular complexity index is 470. The molecule has 2 unspecified atom stereocenters. The number of rotatable bonds is 3. The van der Waals surface area contributed by atoms with Crippen LogP contribution in [0.25, 0.3) is 0 Å². The first-order chi connectivity index (χ1) is 9.59. The number of nitrogens with one attached hydrogen (secondary N) is 1. The van der Waals surface area contributed by atoms with Crippen LogP contribution in [-0.2, 0) is 5.41 Å². The average Bonchev–Trinajstić information content (AvgIpc) is 2.36. The monoisotopic (exact) mass is 269 g/mol. The van der Waals surface area contributed by atoms with Crippen molar-refractivity contribution in [2.45, 2.75) is 69.4 Å². The molecule has 0 radical (unpaired) electrons. The van der Waals surface area contributed by atoms with Gasteiger partial charge in [0.15, 0.2) is 0 Å². The summed E-state index contributed by atoms with van der Waals surface area (Å²) in [6.07, 6.45) is 8.60. The summed E-state index contributed by atoms with van der Waals surface area (Å²) in [7, 11) is 0. The summed E-state index contributed by atoms with van der Waals surface area (Å²) < 4.78 is 0. The van der Waals surface area contributed by atoms with Gasteiger partial charge in [-0.25, -0.2) is 0 Å². The molecular formula is C19H27N. The summed E-state index contributed by atoms with van der Waals surface area (Å²) in [5.74, 6) is 1.92. The van der Waals surface area contributed by atoms with Crippen LogP contribution < -0.4 is 5.32 Å². The molecule has 1 heteroatoms. The van der Waals surface area contributed by atoms with Crippen LogP contribution in [0.2, 0.25) is 0 Å². The zero-order chi connectivity index (χ0) is 13.8. The predicted octanol–water partition coefficient (Wildman–Crippen LogP) is 4.28. The van der Waals surface area contributed by atoms with Crippen LogP contribution in [0.5, 0.6) is 0 Å². The summed E-state index contributed by atoms with van der Waals surface area (Å²) in [6.45, 7) is 4.63. The quantitative estimate of drug-likeness (QED) is 0.864. The maximum atomic E-state index is 3.98. The molecular weight excluding hydrogens is 242 g/mol. The molecule has 0 saturated heterocycles. The summed E-state index contributed by atoms with van der Waals surface area (Å²) in [4.78, 5) is 0. The molecule has 0 aromatic heterocycles. The molecule has 0 heterocycles. The van der Waals surface area contributed by atoms with E-state index in [1.807, 2.05) is 0 Å². The number of hydrogen-bond donors (Lipinski definition) is 1. The Morgan fingerprint density at radius 1 is 1.00 bits per heavy atom. The van der Waals surface area contributed by atoms with Gasteiger partial charge in [-0.3, -0.25) is 0 Å². The van der Waals surface area contributed by atoms with Gasteiger partial charge in [0, 0.05) is 11.6 Å². The van der Waals surface area contributed by atoms with E-state index in [-0.39, 0.29) is 0 Å². The van der Waals surface area contributed by atoms with Crippen LogP contribution >= 0.6 is 0 Å². The van der Waals surface area contributed by atoms with Gasteiger partial charge in [-0.1, -0.05) is 44.2 Å². The molecule has 4 aliphatic rings. The molecule has 20 heavy (non-hydrogen) atoms. The van der Waals surface area contributed by atoms with Gasteiger partial charge >= 0.3 is 0 Å². The average molecular weight is 269 g/mol. The van der Waals surface area contributed by atoms with E-state index in [2.05, 4.69) is 49.5 Å². The normalized spacial score (nSPS) is 42.4. The van der Waals surface area contributed by atoms with Crippen molar-refractivity contribution in [1.29, 1.82) is 0 Å². The molecule has 1 aromatic carbocycles. The second-order valence-electron chi connectivity index (χ2n) is 8.19. The summed E-state index contributed by atoms with van der Waals surface area (Å²) in [6, 6.07) is 12.0. The van der Waals surface area contributed by atoms with Crippen molar-refractivity contribution in [2.75, 3.05) is 0 Å². The first kappa shape index (κ1) is 12.9. The fourth-order valence-electron chi connectivity index (χ4n) is 6.17. The van der Waals surface area contributed by atoms with E-state index in [4.69, 9.17) is 0 Å². The summed E-state index contributed by atoms with van der Waals surface area (Å²) in [5.41, 5.74) is 2.53. The van der Waals surface area contributed by atoms with Crippen molar-refractivity contribution in [1.82, 2.24) is 5.32 Å². The molecule has 0 amide bonds. The van der Waals surface area contributed by atoms with E-state index in [1.165, 1.54) is 38.5 Å². The minimum Gasteiger partial charge on any atom is -0.309 e. The Labute approximate surface area is 123 Å². The molecule has 4 aliphatic carbocycles. The Kier molecular flexibility index (Phi) is 2.79. The molecule has 0 aliphatic heterocycles. The van der Waals surface area contributed by atoms with Crippen molar-refractivity contribution in [3.63, 3.8) is 0 Å². The third-order valence-corrected chi connectivity index (χ3v) is 6.04. The van der Waals surface area contributed by atoms with Crippen LogP contribution in [0, 0.1) is 11.8 Å². The molecule has 1 N–H and O–H groups in total. The molecule has 4 saturated carbocycles. The molecule has 4 fully saturated rings. The van der Waals surface area contributed by atoms with Gasteiger partial charge in [-0.05, 0) is 61.3 Å². The van der Waals surface area contributed by atoms with Crippen molar-refractivity contribution in [3.8, 4) is 0 Å². The molecule has 4 bridgehead atoms. The fourth-order valence-corrected chi connectivity index (χ4v) is 6.17. The van der Waals surface area contributed by atoms with Gasteiger partial charge in [-0.2, -0.15) is 0 Å². The summed E-state index contributed by atoms with van der Waals surface area (Å²) >= 11 is 0. The smallest absolute Gasteiger partial charge is 0.0197 e. The second kappa shape index (κ2) is 4.34. The van der Waals surface area contributed by atoms with Gasteiger partial charge in [0.05, 0.1) is 0 Å². The van der Waals surface area contributed by atoms with Crippen LogP contribution in [0.15, 0.2) is 30.3 Å². The van der Waals surface area contributed by atoms with Gasteiger partial charge in [-0.15, -0.1) is 0 Å². The minimum atomic E-state index is 0.439. The fraction of sp³-hybridized carbons (Fsp3) is 0.684. The standard InChI is InChI=1S/C19H27N/c1-14(2)20-19-11-15-8-16(12-19)10-18(9-15,13-19)17-6-4-3-5-7-17/h3-7,14-16,20H,8-13H2,1-2H3. The number of benzene rings is 1. The van der Waals surface area contributed by atoms with E-state index in [0.29, 0.717) is 17.0 Å². The highest BCUT2D eigenvalue weighted by atomic mass is 15.0. The third-order valence-electron chi connectivity index (χ3n) is 6.04. The van der Waals surface area contributed by atoms with E-state index in [9.17, 15) is 0 Å². The van der Waals surface area contributed by atoms with Gasteiger partial charge < -0.3 is 5.32 Å². The van der Waals surface area contributed by atoms with Gasteiger partial charge in [0.25, 0.3) is 0 Å². The molecule has 5 rings (SSSR count). The lowest BCUT2D eigenvalue weighted by molar-refractivity contribution is -0.0439. The maximum absolute atomic E-state index is 3.98. The molecule has 0 spiro atoms. The van der Waals surface area contributed by atoms with E-state index in [1.54, 1.807) is 5.56 Å². The lowest BCUT2D eigenvalue weighted by Gasteiger charge is -2.63. The Balaban J connectivity index is 1.72. The molecule has 1 aromatic rings. The maximum Gasteiger partial charge on any atom is 0.0197 e. The highest BCUT2D eigenvalue weighted by Crippen LogP contribution is 2.62. The zero-order valence-electron chi connectivity index (χ0n) is 12.9. The lowest BCUT2D eigenvalue weighted by atomic mass is 9.45. The molecule has 108 valence electrons. The highest BCUT2D eigenvalue weighted by molar-refractivity contribution is 5.31. The van der Waals surface area contributed by atoms with Crippen LogP contribution in [0.1, 0.15) is 57.9 Å². The van der Waals surface area contributed by atoms with Crippen molar-refractivity contribution in [2.24, 2.45) is 11.8 Å². The summed E-state index contributed by atoms with van der Waals surface area (Å²) in [5, 5.41) is 3.98. The van der Waals surface area contributed by atoms with E-state index >= 15 is 0 Å². The zero-order valence-corrected chi connectivity index (χ0v) is 12.9. The van der Waals surface area contributed by atoms with Gasteiger partial charge in [0.1, 0.15) is 0 Å². The third kappa shape index (κ3) is 1.94. The van der Waals surface area contributed by atoms with E-state index < -0.39 is 0 Å². The minimum absolute atomic E-state index is 0.439. The van der Waals surface area contributed by atoms with Crippen molar-refractivity contribution in [3.05, 3.63) is 35.9 Å². The topological polar surface area (TPSA) is 12.0 Å². The lowest BCUT2D eigenvalue weighted by Crippen LogP contribution is -2.64. The van der Waals surface area contributed by atoms with E-state index in [0.717, 1.165) is 11.8 Å². The van der Waals surface area contributed by atoms with Crippen molar-refractivity contribution < 1.29 is 0 Å². The molecule has 2 atom stereocenters. The second-order valence-corrected chi connectivity index (χ2v) is 8.19. The first-order valence-electron chi connectivity index (χ1n) is 8.42. The Morgan fingerprint density at radius 2 is 1.65 bits per heavy atom. The Hall–Kier alpha value is -0.820. The first-order valence-corrected chi connectivity index (χ1v) is 8.42. The Morgan fingerprint density at radius 3 is 2.25 bits per heavy atom. The highest BCUT2D eigenvalue weighted by Gasteiger charge is 2.58. The van der Waals surface area contributed by atoms with Crippen molar-refractivity contribution >= 4 is 0 Å². The van der Waals surface area contributed by atoms with Crippen LogP contribution in [-0.4, -0.2) is 11.6 Å². The predicted molar refractivity (Wildman–Crippen MR) is 83.8 cm³/mol. The largest absolute Gasteiger partial charge is 0.309 e. The van der Waals surface area contributed by atoms with Gasteiger partial charge in [0.2, 0.25) is 0 Å². The van der Waals surface area contributed by atoms with Crippen LogP contribution in [0.4, 0.5) is 0 Å². The SMILES string of the molecule is CC(C)NC12CC3CC(C1)CC(c1ccccc1)(C3)C2. The number of hydrogen-bond acceptors (Lipinski definition) is 1. The van der Waals surface area contributed by atoms with Crippen LogP contribution in [0.3, 0.4) is 0 Å².